The molecule has 0 radical (unpaired) electrons. The summed E-state index contributed by atoms with van der Waals surface area (Å²) in [4.78, 5) is 46.1. The van der Waals surface area contributed by atoms with Crippen LogP contribution in [0.5, 0.6) is 0 Å². The van der Waals surface area contributed by atoms with Crippen molar-refractivity contribution in [2.75, 3.05) is 18.0 Å². The van der Waals surface area contributed by atoms with Crippen LogP contribution in [0.2, 0.25) is 0 Å². The summed E-state index contributed by atoms with van der Waals surface area (Å²) in [6.07, 6.45) is 1.28. The van der Waals surface area contributed by atoms with Gasteiger partial charge in [-0.2, -0.15) is 0 Å². The van der Waals surface area contributed by atoms with Crippen LogP contribution in [0.4, 0.5) is 5.69 Å². The minimum absolute atomic E-state index is 0.0321. The van der Waals surface area contributed by atoms with Crippen molar-refractivity contribution in [2.45, 2.75) is 39.2 Å². The van der Waals surface area contributed by atoms with Crippen LogP contribution in [0.25, 0.3) is 11.0 Å². The molecule has 6 nitrogen and oxygen atoms in total. The fourth-order valence-electron chi connectivity index (χ4n) is 5.88. The lowest BCUT2D eigenvalue weighted by atomic mass is 9.83. The van der Waals surface area contributed by atoms with Crippen LogP contribution in [-0.4, -0.2) is 29.8 Å². The molecule has 0 saturated heterocycles. The molecule has 0 aliphatic carbocycles. The van der Waals surface area contributed by atoms with Crippen molar-refractivity contribution in [3.63, 3.8) is 0 Å². The number of hydrogen-bond donors (Lipinski definition) is 0. The average molecular weight is 493 g/mol. The topological polar surface area (TPSA) is 70.8 Å². The van der Waals surface area contributed by atoms with Gasteiger partial charge in [-0.25, -0.2) is 0 Å². The van der Waals surface area contributed by atoms with Gasteiger partial charge < -0.3 is 14.2 Å². The summed E-state index contributed by atoms with van der Waals surface area (Å²) >= 11 is 0. The Hall–Kier alpha value is -4.19. The summed E-state index contributed by atoms with van der Waals surface area (Å²) in [5.74, 6) is -0.730. The maximum atomic E-state index is 14.5. The summed E-state index contributed by atoms with van der Waals surface area (Å²) in [6, 6.07) is 20.9. The third-order valence-corrected chi connectivity index (χ3v) is 7.77. The van der Waals surface area contributed by atoms with Gasteiger partial charge >= 0.3 is 0 Å². The second-order valence-electron chi connectivity index (χ2n) is 9.94. The first-order valence-corrected chi connectivity index (χ1v) is 12.8. The molecule has 2 amide bonds. The van der Waals surface area contributed by atoms with E-state index in [4.69, 9.17) is 4.42 Å². The third kappa shape index (κ3) is 3.14. The molecule has 0 N–H and O–H groups in total. The molecule has 3 aromatic carbocycles. The molecule has 37 heavy (non-hydrogen) atoms. The Morgan fingerprint density at radius 1 is 0.865 bits per heavy atom. The SMILES string of the molecule is CCCN1C(=O)[C@@]2(c3ccccc31)c1c(oc3cc(C)c(C)cc3c1=O)C(=O)N2CCc1ccccc1. The molecule has 6 heteroatoms. The van der Waals surface area contributed by atoms with Gasteiger partial charge in [-0.05, 0) is 61.6 Å². The smallest absolute Gasteiger partial charge is 0.291 e. The van der Waals surface area contributed by atoms with Gasteiger partial charge in [0.25, 0.3) is 11.8 Å². The zero-order valence-electron chi connectivity index (χ0n) is 21.2. The number of carbonyl (C=O) groups excluding carboxylic acids is 2. The fourth-order valence-corrected chi connectivity index (χ4v) is 5.88. The molecule has 1 spiro atoms. The number of para-hydroxylation sites is 1. The van der Waals surface area contributed by atoms with Crippen LogP contribution in [0.15, 0.2) is 75.9 Å². The van der Waals surface area contributed by atoms with E-state index in [9.17, 15) is 14.4 Å². The standard InChI is InChI=1S/C31H28N2O4/c1-4-15-32-24-13-9-8-12-23(24)31(30(32)36)26-27(34)22-17-19(2)20(3)18-25(22)37-28(26)29(35)33(31)16-14-21-10-6-5-7-11-21/h5-13,17-18H,4,14-16H2,1-3H3/t31-/m1/s1. The number of amides is 2. The molecule has 1 aromatic heterocycles. The molecule has 2 aliphatic rings. The van der Waals surface area contributed by atoms with Gasteiger partial charge in [-0.1, -0.05) is 55.5 Å². The van der Waals surface area contributed by atoms with E-state index in [0.717, 1.165) is 28.8 Å². The maximum absolute atomic E-state index is 14.5. The van der Waals surface area contributed by atoms with Crippen molar-refractivity contribution < 1.29 is 14.0 Å². The minimum Gasteiger partial charge on any atom is -0.450 e. The molecule has 6 rings (SSSR count). The van der Waals surface area contributed by atoms with Crippen molar-refractivity contribution in [1.29, 1.82) is 0 Å². The summed E-state index contributed by atoms with van der Waals surface area (Å²) in [6.45, 7) is 6.64. The van der Waals surface area contributed by atoms with Gasteiger partial charge in [-0.15, -0.1) is 0 Å². The first-order valence-electron chi connectivity index (χ1n) is 12.8. The highest BCUT2D eigenvalue weighted by atomic mass is 16.3. The van der Waals surface area contributed by atoms with E-state index in [1.807, 2.05) is 75.4 Å². The molecule has 0 bridgehead atoms. The highest BCUT2D eigenvalue weighted by molar-refractivity contribution is 6.17. The van der Waals surface area contributed by atoms with Crippen LogP contribution in [0, 0.1) is 13.8 Å². The predicted octanol–water partition coefficient (Wildman–Crippen LogP) is 5.11. The van der Waals surface area contributed by atoms with Crippen LogP contribution in [-0.2, 0) is 16.8 Å². The second kappa shape index (κ2) is 8.44. The Morgan fingerprint density at radius 2 is 1.57 bits per heavy atom. The zero-order chi connectivity index (χ0) is 25.9. The molecule has 4 aromatic rings. The zero-order valence-corrected chi connectivity index (χ0v) is 21.2. The van der Waals surface area contributed by atoms with Gasteiger partial charge in [0.15, 0.2) is 11.0 Å². The highest BCUT2D eigenvalue weighted by Gasteiger charge is 2.64. The van der Waals surface area contributed by atoms with E-state index in [1.54, 1.807) is 21.9 Å². The second-order valence-corrected chi connectivity index (χ2v) is 9.94. The van der Waals surface area contributed by atoms with Crippen LogP contribution >= 0.6 is 0 Å². The van der Waals surface area contributed by atoms with Crippen molar-refractivity contribution in [2.24, 2.45) is 0 Å². The van der Waals surface area contributed by atoms with Gasteiger partial charge in [0.1, 0.15) is 5.58 Å². The largest absolute Gasteiger partial charge is 0.450 e. The lowest BCUT2D eigenvalue weighted by Crippen LogP contribution is -2.54. The Kier molecular flexibility index (Phi) is 5.30. The van der Waals surface area contributed by atoms with Crippen molar-refractivity contribution in [1.82, 2.24) is 4.90 Å². The van der Waals surface area contributed by atoms with Crippen molar-refractivity contribution >= 4 is 28.5 Å². The minimum atomic E-state index is -1.56. The molecular formula is C31H28N2O4. The van der Waals surface area contributed by atoms with Crippen LogP contribution < -0.4 is 10.3 Å². The molecule has 2 aliphatic heterocycles. The molecule has 1 atom stereocenters. The summed E-state index contributed by atoms with van der Waals surface area (Å²) in [5.41, 5.74) is 2.97. The predicted molar refractivity (Wildman–Crippen MR) is 143 cm³/mol. The van der Waals surface area contributed by atoms with E-state index < -0.39 is 11.4 Å². The normalized spacial score (nSPS) is 18.2. The van der Waals surface area contributed by atoms with Gasteiger partial charge in [0.05, 0.1) is 16.6 Å². The van der Waals surface area contributed by atoms with E-state index >= 15 is 0 Å². The Morgan fingerprint density at radius 3 is 2.32 bits per heavy atom. The van der Waals surface area contributed by atoms with Crippen molar-refractivity contribution in [3.8, 4) is 0 Å². The number of rotatable bonds is 5. The first kappa shape index (κ1) is 23.2. The maximum Gasteiger partial charge on any atom is 0.291 e. The van der Waals surface area contributed by atoms with Gasteiger partial charge in [-0.3, -0.25) is 14.4 Å². The van der Waals surface area contributed by atoms with E-state index in [-0.39, 0.29) is 29.2 Å². The number of fused-ring (bicyclic) bond motifs is 5. The van der Waals surface area contributed by atoms with Crippen LogP contribution in [0.3, 0.4) is 0 Å². The van der Waals surface area contributed by atoms with E-state index in [2.05, 4.69) is 0 Å². The summed E-state index contributed by atoms with van der Waals surface area (Å²) in [7, 11) is 0. The van der Waals surface area contributed by atoms with Gasteiger partial charge in [0.2, 0.25) is 5.76 Å². The molecule has 0 fully saturated rings. The monoisotopic (exact) mass is 492 g/mol. The number of carbonyl (C=O) groups is 2. The Balaban J connectivity index is 1.65. The molecule has 0 unspecified atom stereocenters. The summed E-state index contributed by atoms with van der Waals surface area (Å²) < 4.78 is 6.20. The number of anilines is 1. The lowest BCUT2D eigenvalue weighted by Gasteiger charge is -2.34. The summed E-state index contributed by atoms with van der Waals surface area (Å²) in [5, 5.41) is 0.387. The van der Waals surface area contributed by atoms with E-state index in [0.29, 0.717) is 29.5 Å². The number of hydrogen-bond acceptors (Lipinski definition) is 4. The lowest BCUT2D eigenvalue weighted by molar-refractivity contribution is -0.126. The average Bonchev–Trinajstić information content (AvgIpc) is 3.29. The number of nitrogens with zero attached hydrogens (tertiary/aromatic N) is 2. The van der Waals surface area contributed by atoms with Crippen LogP contribution in [0.1, 0.15) is 51.7 Å². The molecule has 3 heterocycles. The quantitative estimate of drug-likeness (QED) is 0.388. The molecule has 186 valence electrons. The first-order chi connectivity index (χ1) is 17.9. The highest BCUT2D eigenvalue weighted by Crippen LogP contribution is 2.52. The van der Waals surface area contributed by atoms with Crippen molar-refractivity contribution in [3.05, 3.63) is 111 Å². The fraction of sp³-hybridized carbons (Fsp3) is 0.258. The number of aryl methyl sites for hydroxylation is 2. The Bertz CT molecular complexity index is 1640. The van der Waals surface area contributed by atoms with E-state index in [1.165, 1.54) is 0 Å². The van der Waals surface area contributed by atoms with Gasteiger partial charge in [0, 0.05) is 18.7 Å². The number of benzene rings is 3. The molecular weight excluding hydrogens is 464 g/mol. The molecule has 0 saturated carbocycles. The Labute approximate surface area is 215 Å². The third-order valence-electron chi connectivity index (χ3n) is 7.77.